The minimum atomic E-state index is -1.04. The van der Waals surface area contributed by atoms with Crippen LogP contribution in [0.1, 0.15) is 37.3 Å². The summed E-state index contributed by atoms with van der Waals surface area (Å²) in [7, 11) is 0. The zero-order valence-corrected chi connectivity index (χ0v) is 14.7. The Kier molecular flexibility index (Phi) is 6.08. The van der Waals surface area contributed by atoms with Gasteiger partial charge in [-0.2, -0.15) is 0 Å². The van der Waals surface area contributed by atoms with Gasteiger partial charge in [-0.3, -0.25) is 0 Å². The van der Waals surface area contributed by atoms with Crippen LogP contribution in [0.15, 0.2) is 54.6 Å². The van der Waals surface area contributed by atoms with Gasteiger partial charge in [0.05, 0.1) is 19.8 Å². The zero-order valence-electron chi connectivity index (χ0n) is 14.7. The molecule has 1 aliphatic heterocycles. The van der Waals surface area contributed by atoms with Gasteiger partial charge < -0.3 is 19.3 Å². The fraction of sp³-hybridized carbons (Fsp3) is 0.429. The molecule has 1 heterocycles. The van der Waals surface area contributed by atoms with Crippen molar-refractivity contribution in [2.75, 3.05) is 19.8 Å². The van der Waals surface area contributed by atoms with Crippen molar-refractivity contribution < 1.29 is 19.3 Å². The topological polar surface area (TPSA) is 47.9 Å². The van der Waals surface area contributed by atoms with Crippen LogP contribution in [0.4, 0.5) is 0 Å². The first-order valence-corrected chi connectivity index (χ1v) is 8.91. The predicted octanol–water partition coefficient (Wildman–Crippen LogP) is 3.86. The van der Waals surface area contributed by atoms with E-state index in [4.69, 9.17) is 14.2 Å². The molecule has 0 aromatic heterocycles. The molecule has 134 valence electrons. The van der Waals surface area contributed by atoms with Gasteiger partial charge in [0.15, 0.2) is 6.29 Å². The molecule has 1 aliphatic rings. The Hall–Kier alpha value is -1.88. The number of hydrogen-bond acceptors (Lipinski definition) is 4. The van der Waals surface area contributed by atoms with E-state index in [9.17, 15) is 5.11 Å². The van der Waals surface area contributed by atoms with Crippen molar-refractivity contribution in [2.45, 2.75) is 38.1 Å². The van der Waals surface area contributed by atoms with Crippen molar-refractivity contribution in [1.29, 1.82) is 0 Å². The number of ether oxygens (including phenoxy) is 3. The third-order valence-corrected chi connectivity index (χ3v) is 4.53. The second kappa shape index (κ2) is 8.48. The van der Waals surface area contributed by atoms with Crippen LogP contribution in [0.2, 0.25) is 0 Å². The average Bonchev–Trinajstić information content (AvgIpc) is 3.16. The van der Waals surface area contributed by atoms with E-state index in [0.717, 1.165) is 36.1 Å². The molecule has 1 N–H and O–H groups in total. The molecule has 2 aromatic carbocycles. The van der Waals surface area contributed by atoms with Crippen LogP contribution in [0, 0.1) is 0 Å². The Balaban J connectivity index is 1.52. The van der Waals surface area contributed by atoms with Gasteiger partial charge in [-0.25, -0.2) is 0 Å². The summed E-state index contributed by atoms with van der Waals surface area (Å²) >= 11 is 0. The maximum absolute atomic E-state index is 10.9. The van der Waals surface area contributed by atoms with Crippen molar-refractivity contribution in [2.24, 2.45) is 0 Å². The van der Waals surface area contributed by atoms with Crippen LogP contribution in [0.5, 0.6) is 5.75 Å². The Labute approximate surface area is 149 Å². The van der Waals surface area contributed by atoms with E-state index in [1.807, 2.05) is 61.5 Å². The molecule has 0 aliphatic carbocycles. The number of unbranched alkanes of at least 4 members (excludes halogenated alkanes) is 1. The Morgan fingerprint density at radius 1 is 1.00 bits per heavy atom. The van der Waals surface area contributed by atoms with Gasteiger partial charge in [0, 0.05) is 0 Å². The lowest BCUT2D eigenvalue weighted by Gasteiger charge is -2.25. The standard InChI is InChI=1S/C21H26O4/c1-21(22,17-8-3-2-4-9-17)18-10-7-11-19(16-18)23-13-6-5-12-20-24-14-15-25-20/h2-4,7-11,16,20,22H,5-6,12-15H2,1H3. The molecule has 1 fully saturated rings. The van der Waals surface area contributed by atoms with Gasteiger partial charge in [0.2, 0.25) is 0 Å². The van der Waals surface area contributed by atoms with Gasteiger partial charge in [-0.05, 0) is 49.4 Å². The number of rotatable bonds is 8. The van der Waals surface area contributed by atoms with Crippen molar-refractivity contribution in [3.63, 3.8) is 0 Å². The lowest BCUT2D eigenvalue weighted by Crippen LogP contribution is -2.22. The molecule has 0 radical (unpaired) electrons. The summed E-state index contributed by atoms with van der Waals surface area (Å²) in [5.41, 5.74) is 0.644. The maximum atomic E-state index is 10.9. The summed E-state index contributed by atoms with van der Waals surface area (Å²) in [6.45, 7) is 3.86. The molecule has 4 nitrogen and oxygen atoms in total. The number of benzene rings is 2. The van der Waals surface area contributed by atoms with Gasteiger partial charge >= 0.3 is 0 Å². The summed E-state index contributed by atoms with van der Waals surface area (Å²) in [5.74, 6) is 0.780. The van der Waals surface area contributed by atoms with E-state index in [0.29, 0.717) is 19.8 Å². The first-order valence-electron chi connectivity index (χ1n) is 8.91. The largest absolute Gasteiger partial charge is 0.494 e. The minimum Gasteiger partial charge on any atom is -0.494 e. The third-order valence-electron chi connectivity index (χ3n) is 4.53. The van der Waals surface area contributed by atoms with E-state index in [-0.39, 0.29) is 6.29 Å². The summed E-state index contributed by atoms with van der Waals surface area (Å²) < 4.78 is 16.7. The highest BCUT2D eigenvalue weighted by atomic mass is 16.7. The maximum Gasteiger partial charge on any atom is 0.157 e. The average molecular weight is 342 g/mol. The Morgan fingerprint density at radius 2 is 1.72 bits per heavy atom. The Morgan fingerprint density at radius 3 is 2.48 bits per heavy atom. The van der Waals surface area contributed by atoms with Gasteiger partial charge in [0.1, 0.15) is 11.4 Å². The monoisotopic (exact) mass is 342 g/mol. The second-order valence-electron chi connectivity index (χ2n) is 6.48. The lowest BCUT2D eigenvalue weighted by atomic mass is 9.88. The molecule has 1 atom stereocenters. The second-order valence-corrected chi connectivity index (χ2v) is 6.48. The molecule has 0 bridgehead atoms. The van der Waals surface area contributed by atoms with Crippen molar-refractivity contribution in [1.82, 2.24) is 0 Å². The van der Waals surface area contributed by atoms with Crippen LogP contribution in [0.3, 0.4) is 0 Å². The molecule has 3 rings (SSSR count). The van der Waals surface area contributed by atoms with Gasteiger partial charge in [0.25, 0.3) is 0 Å². The van der Waals surface area contributed by atoms with Crippen LogP contribution < -0.4 is 4.74 Å². The van der Waals surface area contributed by atoms with E-state index >= 15 is 0 Å². The zero-order chi connectivity index (χ0) is 17.5. The van der Waals surface area contributed by atoms with E-state index in [2.05, 4.69) is 0 Å². The quantitative estimate of drug-likeness (QED) is 0.740. The molecular formula is C21H26O4. The normalized spacial score (nSPS) is 17.4. The summed E-state index contributed by atoms with van der Waals surface area (Å²) in [6, 6.07) is 17.4. The first-order chi connectivity index (χ1) is 12.2. The predicted molar refractivity (Wildman–Crippen MR) is 96.6 cm³/mol. The molecule has 1 unspecified atom stereocenters. The molecule has 1 saturated heterocycles. The molecular weight excluding hydrogens is 316 g/mol. The molecule has 25 heavy (non-hydrogen) atoms. The highest BCUT2D eigenvalue weighted by Gasteiger charge is 2.25. The van der Waals surface area contributed by atoms with E-state index < -0.39 is 5.60 Å². The highest BCUT2D eigenvalue weighted by Crippen LogP contribution is 2.31. The third kappa shape index (κ3) is 4.82. The SMILES string of the molecule is CC(O)(c1ccccc1)c1cccc(OCCCCC2OCCO2)c1. The fourth-order valence-corrected chi connectivity index (χ4v) is 3.00. The number of aliphatic hydroxyl groups is 1. The fourth-order valence-electron chi connectivity index (χ4n) is 3.00. The van der Waals surface area contributed by atoms with Crippen LogP contribution in [0.25, 0.3) is 0 Å². The van der Waals surface area contributed by atoms with Crippen molar-refractivity contribution in [3.05, 3.63) is 65.7 Å². The summed E-state index contributed by atoms with van der Waals surface area (Å²) in [6.07, 6.45) is 2.82. The van der Waals surface area contributed by atoms with E-state index in [1.54, 1.807) is 0 Å². The van der Waals surface area contributed by atoms with Crippen molar-refractivity contribution >= 4 is 0 Å². The summed E-state index contributed by atoms with van der Waals surface area (Å²) in [5, 5.41) is 10.9. The smallest absolute Gasteiger partial charge is 0.157 e. The minimum absolute atomic E-state index is 0.0377. The van der Waals surface area contributed by atoms with Crippen molar-refractivity contribution in [3.8, 4) is 5.75 Å². The van der Waals surface area contributed by atoms with E-state index in [1.165, 1.54) is 0 Å². The molecule has 4 heteroatoms. The number of hydrogen-bond donors (Lipinski definition) is 1. The van der Waals surface area contributed by atoms with Crippen LogP contribution in [-0.2, 0) is 15.1 Å². The van der Waals surface area contributed by atoms with Gasteiger partial charge in [-0.1, -0.05) is 42.5 Å². The van der Waals surface area contributed by atoms with Crippen LogP contribution >= 0.6 is 0 Å². The first kappa shape index (κ1) is 17.9. The molecule has 0 amide bonds. The lowest BCUT2D eigenvalue weighted by molar-refractivity contribution is -0.0482. The highest BCUT2D eigenvalue weighted by molar-refractivity contribution is 5.39. The molecule has 0 spiro atoms. The molecule has 2 aromatic rings. The Bertz CT molecular complexity index is 648. The summed E-state index contributed by atoms with van der Waals surface area (Å²) in [4.78, 5) is 0. The van der Waals surface area contributed by atoms with Crippen LogP contribution in [-0.4, -0.2) is 31.2 Å². The van der Waals surface area contributed by atoms with Gasteiger partial charge in [-0.15, -0.1) is 0 Å². The molecule has 0 saturated carbocycles.